The van der Waals surface area contributed by atoms with Crippen LogP contribution in [0, 0.1) is 11.3 Å². The third-order valence-electron chi connectivity index (χ3n) is 3.90. The van der Waals surface area contributed by atoms with E-state index in [-0.39, 0.29) is 0 Å². The number of rotatable bonds is 7. The highest BCUT2D eigenvalue weighted by Gasteiger charge is 2.33. The fourth-order valence-corrected chi connectivity index (χ4v) is 3.54. The predicted molar refractivity (Wildman–Crippen MR) is 101 cm³/mol. The monoisotopic (exact) mass is 435 g/mol. The Bertz CT molecular complexity index is 679. The first-order valence-electron chi connectivity index (χ1n) is 7.59. The molecule has 0 aliphatic heterocycles. The molecule has 0 radical (unpaired) electrons. The number of hydrogen-bond donors (Lipinski definition) is 0. The summed E-state index contributed by atoms with van der Waals surface area (Å²) in [5.74, 6) is 0.798. The lowest BCUT2D eigenvalue weighted by Gasteiger charge is -2.27. The maximum atomic E-state index is 9.90. The van der Waals surface area contributed by atoms with Gasteiger partial charge in [0.05, 0.1) is 18.1 Å². The molecule has 2 nitrogen and oxygen atoms in total. The molecule has 120 valence electrons. The number of alkyl halides is 1. The zero-order valence-electron chi connectivity index (χ0n) is 13.1. The summed E-state index contributed by atoms with van der Waals surface area (Å²) in [6.45, 7) is 2.55. The van der Waals surface area contributed by atoms with Crippen LogP contribution in [0.15, 0.2) is 53.0 Å². The second-order valence-corrected chi connectivity index (χ2v) is 6.86. The molecule has 0 aromatic heterocycles. The van der Waals surface area contributed by atoms with Crippen molar-refractivity contribution in [2.75, 3.05) is 11.9 Å². The van der Waals surface area contributed by atoms with Gasteiger partial charge in [0.1, 0.15) is 5.75 Å². The van der Waals surface area contributed by atoms with Crippen LogP contribution in [0.3, 0.4) is 0 Å². The van der Waals surface area contributed by atoms with Crippen molar-refractivity contribution in [1.29, 1.82) is 5.26 Å². The maximum Gasteiger partial charge on any atom is 0.124 e. The molecule has 0 fully saturated rings. The van der Waals surface area contributed by atoms with Crippen LogP contribution in [-0.2, 0) is 11.8 Å². The fourth-order valence-electron chi connectivity index (χ4n) is 2.57. The summed E-state index contributed by atoms with van der Waals surface area (Å²) in [5.41, 5.74) is 1.58. The van der Waals surface area contributed by atoms with E-state index < -0.39 is 5.41 Å². The lowest BCUT2D eigenvalue weighted by Crippen LogP contribution is -2.28. The van der Waals surface area contributed by atoms with E-state index in [1.807, 2.05) is 43.3 Å². The SMILES string of the molecule is CCOc1ccccc1C(C#N)(CBr)CCc1ccc(Br)cc1. The number of benzene rings is 2. The van der Waals surface area contributed by atoms with E-state index >= 15 is 0 Å². The Morgan fingerprint density at radius 2 is 1.83 bits per heavy atom. The van der Waals surface area contributed by atoms with Crippen molar-refractivity contribution in [3.8, 4) is 11.8 Å². The van der Waals surface area contributed by atoms with Crippen LogP contribution >= 0.6 is 31.9 Å². The van der Waals surface area contributed by atoms with Crippen molar-refractivity contribution < 1.29 is 4.74 Å². The van der Waals surface area contributed by atoms with Crippen LogP contribution in [-0.4, -0.2) is 11.9 Å². The van der Waals surface area contributed by atoms with E-state index in [2.05, 4.69) is 50.1 Å². The van der Waals surface area contributed by atoms with Crippen LogP contribution in [0.25, 0.3) is 0 Å². The van der Waals surface area contributed by atoms with Gasteiger partial charge in [-0.05, 0) is 43.5 Å². The second kappa shape index (κ2) is 8.52. The van der Waals surface area contributed by atoms with Gasteiger partial charge in [-0.25, -0.2) is 0 Å². The van der Waals surface area contributed by atoms with Gasteiger partial charge in [-0.15, -0.1) is 0 Å². The minimum Gasteiger partial charge on any atom is -0.494 e. The van der Waals surface area contributed by atoms with Gasteiger partial charge in [0.15, 0.2) is 0 Å². The molecule has 0 aliphatic carbocycles. The molecule has 0 saturated carbocycles. The Hall–Kier alpha value is -1.31. The van der Waals surface area contributed by atoms with Gasteiger partial charge in [-0.1, -0.05) is 62.2 Å². The number of hydrogen-bond acceptors (Lipinski definition) is 2. The standard InChI is InChI=1S/C19H19Br2NO/c1-2-23-18-6-4-3-5-17(18)19(13-20,14-22)12-11-15-7-9-16(21)10-8-15/h3-10H,2,11-13H2,1H3. The molecule has 4 heteroatoms. The lowest BCUT2D eigenvalue weighted by molar-refractivity contribution is 0.330. The van der Waals surface area contributed by atoms with Crippen molar-refractivity contribution in [2.45, 2.75) is 25.2 Å². The quantitative estimate of drug-likeness (QED) is 0.526. The smallest absolute Gasteiger partial charge is 0.124 e. The van der Waals surface area contributed by atoms with Gasteiger partial charge in [0, 0.05) is 15.4 Å². The average molecular weight is 437 g/mol. The minimum atomic E-state index is -0.598. The fraction of sp³-hybridized carbons (Fsp3) is 0.316. The van der Waals surface area contributed by atoms with E-state index in [0.717, 1.165) is 28.6 Å². The van der Waals surface area contributed by atoms with Gasteiger partial charge >= 0.3 is 0 Å². The molecule has 2 aromatic carbocycles. The maximum absolute atomic E-state index is 9.90. The van der Waals surface area contributed by atoms with Crippen LogP contribution in [0.2, 0.25) is 0 Å². The first-order valence-corrected chi connectivity index (χ1v) is 9.50. The largest absolute Gasteiger partial charge is 0.494 e. The van der Waals surface area contributed by atoms with Crippen LogP contribution in [0.5, 0.6) is 5.75 Å². The van der Waals surface area contributed by atoms with Gasteiger partial charge in [-0.2, -0.15) is 5.26 Å². The predicted octanol–water partition coefficient (Wildman–Crippen LogP) is 5.64. The van der Waals surface area contributed by atoms with Crippen molar-refractivity contribution >= 4 is 31.9 Å². The topological polar surface area (TPSA) is 33.0 Å². The molecule has 1 unspecified atom stereocenters. The summed E-state index contributed by atoms with van der Waals surface area (Å²) in [6.07, 6.45) is 1.58. The minimum absolute atomic E-state index is 0.580. The van der Waals surface area contributed by atoms with Crippen LogP contribution in [0.4, 0.5) is 0 Å². The van der Waals surface area contributed by atoms with E-state index in [1.54, 1.807) is 0 Å². The number of para-hydroxylation sites is 1. The molecule has 1 atom stereocenters. The molecular weight excluding hydrogens is 418 g/mol. The highest BCUT2D eigenvalue weighted by atomic mass is 79.9. The molecular formula is C19H19Br2NO. The number of aryl methyl sites for hydroxylation is 1. The Morgan fingerprint density at radius 3 is 2.43 bits per heavy atom. The number of ether oxygens (including phenoxy) is 1. The first kappa shape index (κ1) is 18.0. The molecule has 0 aliphatic rings. The molecule has 2 aromatic rings. The average Bonchev–Trinajstić information content (AvgIpc) is 2.59. The molecule has 0 spiro atoms. The molecule has 23 heavy (non-hydrogen) atoms. The molecule has 0 heterocycles. The molecule has 0 N–H and O–H groups in total. The van der Waals surface area contributed by atoms with Crippen molar-refractivity contribution in [3.05, 3.63) is 64.1 Å². The summed E-state index contributed by atoms with van der Waals surface area (Å²) >= 11 is 7.01. The van der Waals surface area contributed by atoms with E-state index in [4.69, 9.17) is 4.74 Å². The second-order valence-electron chi connectivity index (χ2n) is 5.38. The van der Waals surface area contributed by atoms with Gasteiger partial charge < -0.3 is 4.74 Å². The van der Waals surface area contributed by atoms with Gasteiger partial charge in [0.2, 0.25) is 0 Å². The van der Waals surface area contributed by atoms with E-state index in [9.17, 15) is 5.26 Å². The van der Waals surface area contributed by atoms with E-state index in [1.165, 1.54) is 5.56 Å². The third kappa shape index (κ3) is 4.37. The Labute approximate surface area is 154 Å². The van der Waals surface area contributed by atoms with E-state index in [0.29, 0.717) is 11.9 Å². The van der Waals surface area contributed by atoms with Gasteiger partial charge in [-0.3, -0.25) is 0 Å². The number of nitrogens with zero attached hydrogens (tertiary/aromatic N) is 1. The van der Waals surface area contributed by atoms with Crippen molar-refractivity contribution in [2.24, 2.45) is 0 Å². The zero-order chi connectivity index (χ0) is 16.7. The Morgan fingerprint density at radius 1 is 1.13 bits per heavy atom. The molecule has 0 bridgehead atoms. The summed E-state index contributed by atoms with van der Waals surface area (Å²) in [5, 5.41) is 10.5. The summed E-state index contributed by atoms with van der Waals surface area (Å²) < 4.78 is 6.80. The summed E-state index contributed by atoms with van der Waals surface area (Å²) in [4.78, 5) is 0. The lowest BCUT2D eigenvalue weighted by atomic mass is 9.78. The van der Waals surface area contributed by atoms with Crippen LogP contribution in [0.1, 0.15) is 24.5 Å². The highest BCUT2D eigenvalue weighted by molar-refractivity contribution is 9.10. The molecule has 0 amide bonds. The Kier molecular flexibility index (Phi) is 6.68. The van der Waals surface area contributed by atoms with Crippen molar-refractivity contribution in [1.82, 2.24) is 0 Å². The van der Waals surface area contributed by atoms with Gasteiger partial charge in [0.25, 0.3) is 0 Å². The normalized spacial score (nSPS) is 13.1. The van der Waals surface area contributed by atoms with Crippen molar-refractivity contribution in [3.63, 3.8) is 0 Å². The zero-order valence-corrected chi connectivity index (χ0v) is 16.2. The first-order chi connectivity index (χ1) is 11.1. The highest BCUT2D eigenvalue weighted by Crippen LogP contribution is 2.37. The van der Waals surface area contributed by atoms with Crippen LogP contribution < -0.4 is 4.74 Å². The summed E-state index contributed by atoms with van der Waals surface area (Å²) in [7, 11) is 0. The molecule has 0 saturated heterocycles. The number of nitriles is 1. The third-order valence-corrected chi connectivity index (χ3v) is 5.38. The summed E-state index contributed by atoms with van der Waals surface area (Å²) in [6, 6.07) is 18.6. The Balaban J connectivity index is 2.29. The number of halogens is 2. The molecule has 2 rings (SSSR count).